The molecule has 2 saturated carbocycles. The first kappa shape index (κ1) is 13.2. The molecule has 0 amide bonds. The maximum Gasteiger partial charge on any atom is 0.191 e. The van der Waals surface area contributed by atoms with Crippen LogP contribution in [-0.2, 0) is 4.57 Å². The molecule has 2 fully saturated rings. The molecule has 2 aliphatic rings. The number of aliphatic hydroxyl groups is 1. The lowest BCUT2D eigenvalue weighted by Gasteiger charge is -2.01. The van der Waals surface area contributed by atoms with E-state index in [0.29, 0.717) is 12.5 Å². The lowest BCUT2D eigenvalue weighted by atomic mass is 10.2. The maximum absolute atomic E-state index is 9.99. The van der Waals surface area contributed by atoms with Gasteiger partial charge in [-0.1, -0.05) is 13.3 Å². The van der Waals surface area contributed by atoms with Gasteiger partial charge < -0.3 is 15.7 Å². The van der Waals surface area contributed by atoms with Gasteiger partial charge in [0.2, 0.25) is 0 Å². The van der Waals surface area contributed by atoms with Crippen molar-refractivity contribution in [1.82, 2.24) is 0 Å². The van der Waals surface area contributed by atoms with Crippen LogP contribution >= 0.6 is 8.03 Å². The molecule has 2 aliphatic carbocycles. The Hall–Kier alpha value is 0.110. The summed E-state index contributed by atoms with van der Waals surface area (Å²) in [5.41, 5.74) is 5.67. The molecule has 0 saturated heterocycles. The van der Waals surface area contributed by atoms with Gasteiger partial charge in [-0.3, -0.25) is 4.57 Å². The lowest BCUT2D eigenvalue weighted by molar-refractivity contribution is 0.191. The van der Waals surface area contributed by atoms with E-state index in [0.717, 1.165) is 11.8 Å². The van der Waals surface area contributed by atoms with Crippen LogP contribution in [0.15, 0.2) is 0 Å². The molecule has 0 bridgehead atoms. The zero-order valence-electron chi connectivity index (χ0n) is 9.22. The molecule has 4 N–H and O–H groups in total. The Bertz CT molecular complexity index is 215. The molecule has 4 nitrogen and oxygen atoms in total. The van der Waals surface area contributed by atoms with E-state index in [2.05, 4.69) is 0 Å². The van der Waals surface area contributed by atoms with E-state index >= 15 is 0 Å². The predicted octanol–water partition coefficient (Wildman–Crippen LogP) is 0.968. The van der Waals surface area contributed by atoms with Crippen LogP contribution in [-0.4, -0.2) is 28.3 Å². The van der Waals surface area contributed by atoms with Gasteiger partial charge in [-0.05, 0) is 31.1 Å². The summed E-state index contributed by atoms with van der Waals surface area (Å²) in [5.74, 6) is 1.92. The Morgan fingerprint density at radius 3 is 2.20 bits per heavy atom. The standard InChI is InChI=1S/C6H11N.C4H11O3P/c7-6-4-2-1-3-5(4)6;1-2-4(5)3-8(6)7/h4-6H,1-3,7H2;4-5,8H,2-3H2,1H3,(H,6,7). The van der Waals surface area contributed by atoms with Crippen LogP contribution in [0.5, 0.6) is 0 Å². The highest BCUT2D eigenvalue weighted by atomic mass is 31.1. The number of rotatable bonds is 3. The molecule has 0 radical (unpaired) electrons. The van der Waals surface area contributed by atoms with Crippen molar-refractivity contribution in [3.63, 3.8) is 0 Å². The van der Waals surface area contributed by atoms with Crippen LogP contribution in [0, 0.1) is 11.8 Å². The van der Waals surface area contributed by atoms with Crippen LogP contribution in [0.1, 0.15) is 32.6 Å². The van der Waals surface area contributed by atoms with Gasteiger partial charge in [0.05, 0.1) is 6.10 Å². The molecule has 15 heavy (non-hydrogen) atoms. The van der Waals surface area contributed by atoms with Crippen molar-refractivity contribution >= 4 is 8.03 Å². The largest absolute Gasteiger partial charge is 0.393 e. The van der Waals surface area contributed by atoms with E-state index in [1.807, 2.05) is 0 Å². The Labute approximate surface area is 91.7 Å². The van der Waals surface area contributed by atoms with Crippen LogP contribution in [0.25, 0.3) is 0 Å². The van der Waals surface area contributed by atoms with Crippen LogP contribution in [0.3, 0.4) is 0 Å². The SMILES string of the molecule is CCC(O)C[PH](=O)O.NC1C2CCCC12. The fourth-order valence-corrected chi connectivity index (χ4v) is 2.91. The summed E-state index contributed by atoms with van der Waals surface area (Å²) in [7, 11) is -2.45. The monoisotopic (exact) mass is 235 g/mol. The smallest absolute Gasteiger partial charge is 0.191 e. The number of hydrogen-bond donors (Lipinski definition) is 3. The summed E-state index contributed by atoms with van der Waals surface area (Å²) in [6, 6.07) is 0.619. The molecule has 5 heteroatoms. The van der Waals surface area contributed by atoms with Crippen molar-refractivity contribution in [2.24, 2.45) is 17.6 Å². The van der Waals surface area contributed by atoms with Crippen LogP contribution < -0.4 is 5.73 Å². The normalized spacial score (nSPS) is 36.1. The van der Waals surface area contributed by atoms with Crippen molar-refractivity contribution in [3.05, 3.63) is 0 Å². The summed E-state index contributed by atoms with van der Waals surface area (Å²) < 4.78 is 9.99. The van der Waals surface area contributed by atoms with Crippen LogP contribution in [0.4, 0.5) is 0 Å². The fraction of sp³-hybridized carbons (Fsp3) is 1.00. The minimum Gasteiger partial charge on any atom is -0.393 e. The van der Waals surface area contributed by atoms with Gasteiger partial charge >= 0.3 is 0 Å². The van der Waals surface area contributed by atoms with Gasteiger partial charge in [-0.15, -0.1) is 0 Å². The summed E-state index contributed by atoms with van der Waals surface area (Å²) >= 11 is 0. The highest BCUT2D eigenvalue weighted by Crippen LogP contribution is 2.50. The maximum atomic E-state index is 9.99. The third kappa shape index (κ3) is 4.23. The average molecular weight is 235 g/mol. The van der Waals surface area contributed by atoms with Gasteiger partial charge in [-0.25, -0.2) is 0 Å². The Morgan fingerprint density at radius 2 is 2.00 bits per heavy atom. The quantitative estimate of drug-likeness (QED) is 0.636. The van der Waals surface area contributed by atoms with Crippen molar-refractivity contribution in [2.45, 2.75) is 44.8 Å². The number of fused-ring (bicyclic) bond motifs is 1. The summed E-state index contributed by atoms with van der Waals surface area (Å²) in [4.78, 5) is 8.24. The molecule has 0 aromatic rings. The Kier molecular flexibility index (Phi) is 5.27. The summed E-state index contributed by atoms with van der Waals surface area (Å²) in [6.45, 7) is 1.77. The van der Waals surface area contributed by atoms with E-state index in [1.165, 1.54) is 19.3 Å². The third-order valence-electron chi connectivity index (χ3n) is 3.35. The van der Waals surface area contributed by atoms with Gasteiger partial charge in [0.1, 0.15) is 0 Å². The second-order valence-electron chi connectivity index (χ2n) is 4.50. The molecule has 0 aromatic heterocycles. The highest BCUT2D eigenvalue weighted by molar-refractivity contribution is 7.38. The molecule has 0 aliphatic heterocycles. The lowest BCUT2D eigenvalue weighted by Crippen LogP contribution is -2.06. The van der Waals surface area contributed by atoms with E-state index in [4.69, 9.17) is 15.7 Å². The molecule has 90 valence electrons. The van der Waals surface area contributed by atoms with Gasteiger partial charge in [0, 0.05) is 12.2 Å². The Morgan fingerprint density at radius 1 is 1.47 bits per heavy atom. The molecule has 2 rings (SSSR count). The molecule has 4 atom stereocenters. The molecule has 0 heterocycles. The van der Waals surface area contributed by atoms with Gasteiger partial charge in [0.25, 0.3) is 0 Å². The second-order valence-corrected chi connectivity index (χ2v) is 5.69. The molecule has 4 unspecified atom stereocenters. The van der Waals surface area contributed by atoms with Crippen molar-refractivity contribution in [3.8, 4) is 0 Å². The molecule has 0 aromatic carbocycles. The second kappa shape index (κ2) is 6.00. The molecular weight excluding hydrogens is 213 g/mol. The summed E-state index contributed by atoms with van der Waals surface area (Å²) in [6.07, 6.45) is 4.30. The predicted molar refractivity (Wildman–Crippen MR) is 61.2 cm³/mol. The van der Waals surface area contributed by atoms with E-state index in [1.54, 1.807) is 6.92 Å². The Balaban J connectivity index is 0.000000150. The van der Waals surface area contributed by atoms with Gasteiger partial charge in [0.15, 0.2) is 8.03 Å². The highest BCUT2D eigenvalue weighted by Gasteiger charge is 2.49. The average Bonchev–Trinajstić information content (AvgIpc) is 2.67. The minimum absolute atomic E-state index is 0.0428. The zero-order valence-corrected chi connectivity index (χ0v) is 10.2. The minimum atomic E-state index is -2.45. The van der Waals surface area contributed by atoms with E-state index < -0.39 is 14.1 Å². The molecule has 0 spiro atoms. The number of aliphatic hydroxyl groups excluding tert-OH is 1. The summed E-state index contributed by atoms with van der Waals surface area (Å²) in [5, 5.41) is 8.69. The van der Waals surface area contributed by atoms with E-state index in [9.17, 15) is 4.57 Å². The third-order valence-corrected chi connectivity index (χ3v) is 4.17. The molecular formula is C10H22NO3P. The number of hydrogen-bond acceptors (Lipinski definition) is 3. The first-order valence-corrected chi connectivity index (χ1v) is 7.28. The fourth-order valence-electron chi connectivity index (χ4n) is 2.22. The van der Waals surface area contributed by atoms with Crippen LogP contribution in [0.2, 0.25) is 0 Å². The van der Waals surface area contributed by atoms with E-state index in [-0.39, 0.29) is 6.16 Å². The van der Waals surface area contributed by atoms with Crippen molar-refractivity contribution in [1.29, 1.82) is 0 Å². The van der Waals surface area contributed by atoms with Crippen molar-refractivity contribution < 1.29 is 14.6 Å². The zero-order chi connectivity index (χ0) is 11.4. The van der Waals surface area contributed by atoms with Gasteiger partial charge in [-0.2, -0.15) is 0 Å². The first-order chi connectivity index (χ1) is 7.06. The topological polar surface area (TPSA) is 83.5 Å². The van der Waals surface area contributed by atoms with Crippen molar-refractivity contribution in [2.75, 3.05) is 6.16 Å². The number of nitrogens with two attached hydrogens (primary N) is 1. The first-order valence-electron chi connectivity index (χ1n) is 5.71.